The summed E-state index contributed by atoms with van der Waals surface area (Å²) in [5.74, 6) is 0.920. The summed E-state index contributed by atoms with van der Waals surface area (Å²) in [6.07, 6.45) is 55.9. The third-order valence-electron chi connectivity index (χ3n) is 18.9. The highest BCUT2D eigenvalue weighted by Gasteiger charge is 2.30. The van der Waals surface area contributed by atoms with Gasteiger partial charge in [-0.2, -0.15) is 0 Å². The van der Waals surface area contributed by atoms with Crippen molar-refractivity contribution in [2.45, 2.75) is 427 Å². The monoisotopic (exact) mass is 1450 g/mol. The van der Waals surface area contributed by atoms with E-state index in [0.717, 1.165) is 120 Å². The van der Waals surface area contributed by atoms with Gasteiger partial charge in [0.1, 0.15) is 19.3 Å². The Labute approximate surface area is 607 Å². The Morgan fingerprint density at radius 3 is 0.717 bits per heavy atom. The van der Waals surface area contributed by atoms with E-state index in [1.165, 1.54) is 199 Å². The van der Waals surface area contributed by atoms with Gasteiger partial charge in [0.25, 0.3) is 0 Å². The first kappa shape index (κ1) is 97.1. The van der Waals surface area contributed by atoms with E-state index in [9.17, 15) is 43.2 Å². The number of aliphatic hydroxyl groups is 1. The second-order valence-corrected chi connectivity index (χ2v) is 33.4. The van der Waals surface area contributed by atoms with Gasteiger partial charge in [0.2, 0.25) is 0 Å². The molecule has 0 aliphatic carbocycles. The summed E-state index contributed by atoms with van der Waals surface area (Å²) in [7, 11) is -9.92. The van der Waals surface area contributed by atoms with E-state index in [0.29, 0.717) is 31.6 Å². The van der Waals surface area contributed by atoms with Crippen LogP contribution in [-0.2, 0) is 65.4 Å². The lowest BCUT2D eigenvalue weighted by Crippen LogP contribution is -2.30. The van der Waals surface area contributed by atoms with E-state index in [-0.39, 0.29) is 25.7 Å². The Bertz CT molecular complexity index is 1940. The fourth-order valence-electron chi connectivity index (χ4n) is 12.2. The zero-order valence-corrected chi connectivity index (χ0v) is 66.9. The van der Waals surface area contributed by atoms with Crippen LogP contribution in [0.5, 0.6) is 0 Å². The lowest BCUT2D eigenvalue weighted by atomic mass is 10.00. The molecule has 0 saturated carbocycles. The van der Waals surface area contributed by atoms with Crippen molar-refractivity contribution in [1.29, 1.82) is 0 Å². The number of aliphatic hydroxyl groups excluding tert-OH is 1. The molecule has 0 aliphatic heterocycles. The van der Waals surface area contributed by atoms with Crippen molar-refractivity contribution < 1.29 is 80.2 Å². The number of carbonyl (C=O) groups is 4. The SMILES string of the molecule is CCC(C)CCCCCCCCC(=O)OC[C@H](COP(=O)(O)OC[C@H](O)COP(=O)(O)OC[C@@H](COC(=O)CCCCCCCCC(C)C)OC(=O)CCCCCCCCCCCCCCCCCCCCC(C)C)OC(=O)CCCCCCCCCCCCCCCCCCC(C)C. The van der Waals surface area contributed by atoms with Crippen molar-refractivity contribution in [1.82, 2.24) is 0 Å². The summed E-state index contributed by atoms with van der Waals surface area (Å²) in [4.78, 5) is 72.9. The predicted molar refractivity (Wildman–Crippen MR) is 404 cm³/mol. The smallest absolute Gasteiger partial charge is 0.462 e. The summed E-state index contributed by atoms with van der Waals surface area (Å²) in [5.41, 5.74) is 0. The molecule has 3 N–H and O–H groups in total. The Kier molecular flexibility index (Phi) is 67.8. The molecular weight excluding hydrogens is 1290 g/mol. The Morgan fingerprint density at radius 1 is 0.283 bits per heavy atom. The van der Waals surface area contributed by atoms with Gasteiger partial charge >= 0.3 is 39.5 Å². The number of rotatable bonds is 77. The van der Waals surface area contributed by atoms with Gasteiger partial charge in [-0.25, -0.2) is 9.13 Å². The first-order chi connectivity index (χ1) is 47.6. The molecule has 0 aromatic heterocycles. The van der Waals surface area contributed by atoms with Gasteiger partial charge in [0.05, 0.1) is 26.4 Å². The minimum Gasteiger partial charge on any atom is -0.462 e. The topological polar surface area (TPSA) is 237 Å². The highest BCUT2D eigenvalue weighted by Crippen LogP contribution is 2.45. The van der Waals surface area contributed by atoms with Crippen LogP contribution < -0.4 is 0 Å². The molecule has 0 radical (unpaired) electrons. The van der Waals surface area contributed by atoms with Crippen molar-refractivity contribution in [3.8, 4) is 0 Å². The molecule has 0 aromatic carbocycles. The van der Waals surface area contributed by atoms with E-state index in [1.807, 2.05) is 0 Å². The molecule has 6 atom stereocenters. The second kappa shape index (κ2) is 69.1. The van der Waals surface area contributed by atoms with Crippen LogP contribution in [0.1, 0.15) is 409 Å². The van der Waals surface area contributed by atoms with Crippen molar-refractivity contribution >= 4 is 39.5 Å². The van der Waals surface area contributed by atoms with Crippen LogP contribution >= 0.6 is 15.6 Å². The maximum Gasteiger partial charge on any atom is 0.472 e. The first-order valence-electron chi connectivity index (χ1n) is 41.2. The third kappa shape index (κ3) is 72.8. The quantitative estimate of drug-likeness (QED) is 0.0222. The van der Waals surface area contributed by atoms with E-state index in [2.05, 4.69) is 55.4 Å². The largest absolute Gasteiger partial charge is 0.472 e. The molecule has 0 saturated heterocycles. The van der Waals surface area contributed by atoms with Crippen molar-refractivity contribution in [3.63, 3.8) is 0 Å². The number of phosphoric ester groups is 2. The number of carbonyl (C=O) groups excluding carboxylic acids is 4. The maximum atomic E-state index is 13.1. The molecule has 0 aromatic rings. The van der Waals surface area contributed by atoms with Crippen molar-refractivity contribution in [2.24, 2.45) is 23.7 Å². The molecule has 0 fully saturated rings. The lowest BCUT2D eigenvalue weighted by Gasteiger charge is -2.21. The number of ether oxygens (including phenoxy) is 4. The third-order valence-corrected chi connectivity index (χ3v) is 20.8. The van der Waals surface area contributed by atoms with Crippen LogP contribution in [0.2, 0.25) is 0 Å². The summed E-state index contributed by atoms with van der Waals surface area (Å²) < 4.78 is 68.6. The van der Waals surface area contributed by atoms with Gasteiger partial charge in [-0.1, -0.05) is 357 Å². The number of hydrogen-bond acceptors (Lipinski definition) is 15. The van der Waals surface area contributed by atoms with Gasteiger partial charge in [0, 0.05) is 25.7 Å². The fraction of sp³-hybridized carbons (Fsp3) is 0.950. The highest BCUT2D eigenvalue weighted by molar-refractivity contribution is 7.47. The molecule has 0 rings (SSSR count). The van der Waals surface area contributed by atoms with Gasteiger partial charge in [-0.3, -0.25) is 37.3 Å². The predicted octanol–water partition coefficient (Wildman–Crippen LogP) is 23.6. The fourth-order valence-corrected chi connectivity index (χ4v) is 13.8. The minimum absolute atomic E-state index is 0.107. The standard InChI is InChI=1S/C80H156O17P2/c1-9-73(8)59-51-43-37-39-45-53-61-78(83)91-67-76(97-80(85)63-55-47-35-31-27-23-19-15-14-17-21-25-29-33-41-49-57-71(4)5)69-95-99(88,89)93-65-74(81)64-92-98(86,87)94-68-75(66-90-77(82)60-52-44-38-36-42-50-58-72(6)7)96-79(84)62-54-46-34-30-26-22-18-13-11-10-12-16-20-24-28-32-40-48-56-70(2)3/h70-76,81H,9-69H2,1-8H3,(H,86,87)(H,88,89)/t73?,74-,75-,76-/m1/s1. The van der Waals surface area contributed by atoms with E-state index in [4.69, 9.17) is 37.0 Å². The Hall–Kier alpha value is -1.94. The zero-order chi connectivity index (χ0) is 73.1. The molecule has 99 heavy (non-hydrogen) atoms. The molecule has 0 bridgehead atoms. The first-order valence-corrected chi connectivity index (χ1v) is 44.2. The van der Waals surface area contributed by atoms with Crippen molar-refractivity contribution in [3.05, 3.63) is 0 Å². The maximum absolute atomic E-state index is 13.1. The second-order valence-electron chi connectivity index (χ2n) is 30.5. The van der Waals surface area contributed by atoms with E-state index >= 15 is 0 Å². The molecule has 3 unspecified atom stereocenters. The summed E-state index contributed by atoms with van der Waals surface area (Å²) >= 11 is 0. The van der Waals surface area contributed by atoms with E-state index < -0.39 is 97.5 Å². The van der Waals surface area contributed by atoms with Crippen LogP contribution in [0.15, 0.2) is 0 Å². The molecule has 17 nitrogen and oxygen atoms in total. The van der Waals surface area contributed by atoms with E-state index in [1.54, 1.807) is 0 Å². The Morgan fingerprint density at radius 2 is 0.485 bits per heavy atom. The van der Waals surface area contributed by atoms with Crippen molar-refractivity contribution in [2.75, 3.05) is 39.6 Å². The highest BCUT2D eigenvalue weighted by atomic mass is 31.2. The average molecular weight is 1450 g/mol. The zero-order valence-electron chi connectivity index (χ0n) is 65.1. The van der Waals surface area contributed by atoms with Gasteiger partial charge in [-0.15, -0.1) is 0 Å². The number of esters is 4. The van der Waals surface area contributed by atoms with Crippen LogP contribution in [-0.4, -0.2) is 96.7 Å². The summed E-state index contributed by atoms with van der Waals surface area (Å²) in [6.45, 7) is 14.2. The summed E-state index contributed by atoms with van der Waals surface area (Å²) in [6, 6.07) is 0. The number of phosphoric acid groups is 2. The van der Waals surface area contributed by atoms with Gasteiger partial charge in [-0.05, 0) is 49.4 Å². The van der Waals surface area contributed by atoms with Crippen LogP contribution in [0.25, 0.3) is 0 Å². The van der Waals surface area contributed by atoms with Gasteiger partial charge < -0.3 is 33.8 Å². The normalized spacial score (nSPS) is 14.3. The molecule has 19 heteroatoms. The minimum atomic E-state index is -4.96. The number of hydrogen-bond donors (Lipinski definition) is 3. The van der Waals surface area contributed by atoms with Crippen LogP contribution in [0.3, 0.4) is 0 Å². The lowest BCUT2D eigenvalue weighted by molar-refractivity contribution is -0.161. The molecular formula is C80H156O17P2. The van der Waals surface area contributed by atoms with Crippen LogP contribution in [0, 0.1) is 23.7 Å². The Balaban J connectivity index is 5.14. The number of unbranched alkanes of at least 4 members (excludes halogenated alkanes) is 42. The molecule has 0 amide bonds. The molecule has 0 heterocycles. The average Bonchev–Trinajstić information content (AvgIpc) is 1.05. The molecule has 0 spiro atoms. The molecule has 0 aliphatic rings. The molecule has 588 valence electrons. The summed E-state index contributed by atoms with van der Waals surface area (Å²) in [5, 5.41) is 10.6. The van der Waals surface area contributed by atoms with Gasteiger partial charge in [0.15, 0.2) is 12.2 Å². The van der Waals surface area contributed by atoms with Crippen LogP contribution in [0.4, 0.5) is 0 Å².